The summed E-state index contributed by atoms with van der Waals surface area (Å²) in [5.41, 5.74) is 1.76. The van der Waals surface area contributed by atoms with Crippen LogP contribution in [0.3, 0.4) is 0 Å². The molecule has 1 N–H and O–H groups in total. The Hall–Kier alpha value is -1.60. The summed E-state index contributed by atoms with van der Waals surface area (Å²) in [5.74, 6) is 0.601. The smallest absolute Gasteiger partial charge is 0.215 e. The number of aromatic nitrogens is 3. The summed E-state index contributed by atoms with van der Waals surface area (Å²) in [7, 11) is 3.75. The van der Waals surface area contributed by atoms with Crippen molar-refractivity contribution in [3.8, 4) is 5.88 Å². The first-order valence-corrected chi connectivity index (χ1v) is 6.69. The lowest BCUT2D eigenvalue weighted by Crippen LogP contribution is -2.49. The normalized spacial score (nSPS) is 17.1. The minimum atomic E-state index is 0.601. The maximum Gasteiger partial charge on any atom is 0.215 e. The standard InChI is InChI=1S/C12H17N5OS/c1-15-5-7-16(8-6-15)17-11-9(13-12(17)19)3-4-10(14-11)18-2/h3-4H,5-8H2,1-2H3,(H,13,19). The molecule has 0 saturated carbocycles. The van der Waals surface area contributed by atoms with Crippen molar-refractivity contribution in [2.45, 2.75) is 0 Å². The number of nitrogens with one attached hydrogen (secondary N) is 1. The summed E-state index contributed by atoms with van der Waals surface area (Å²) in [6.07, 6.45) is 0. The molecule has 1 aliphatic rings. The molecule has 0 amide bonds. The molecule has 3 heterocycles. The van der Waals surface area contributed by atoms with Crippen LogP contribution < -0.4 is 9.75 Å². The van der Waals surface area contributed by atoms with Gasteiger partial charge in [0.2, 0.25) is 5.88 Å². The number of H-pyrrole nitrogens is 1. The molecule has 0 aliphatic carbocycles. The lowest BCUT2D eigenvalue weighted by molar-refractivity contribution is 0.288. The summed E-state index contributed by atoms with van der Waals surface area (Å²) in [6.45, 7) is 3.93. The number of likely N-dealkylation sites (N-methyl/N-ethyl adjacent to an activating group) is 1. The Morgan fingerprint density at radius 1 is 1.26 bits per heavy atom. The summed E-state index contributed by atoms with van der Waals surface area (Å²) in [5, 5.41) is 2.23. The van der Waals surface area contributed by atoms with Crippen LogP contribution in [0.25, 0.3) is 11.2 Å². The van der Waals surface area contributed by atoms with Gasteiger partial charge in [0.1, 0.15) is 0 Å². The van der Waals surface area contributed by atoms with E-state index in [2.05, 4.69) is 26.9 Å². The zero-order chi connectivity index (χ0) is 13.4. The predicted octanol–water partition coefficient (Wildman–Crippen LogP) is 0.986. The first-order chi connectivity index (χ1) is 9.19. The van der Waals surface area contributed by atoms with Crippen LogP contribution in [0.5, 0.6) is 5.88 Å². The zero-order valence-corrected chi connectivity index (χ0v) is 11.9. The third kappa shape index (κ3) is 2.19. The van der Waals surface area contributed by atoms with E-state index in [0.717, 1.165) is 37.3 Å². The van der Waals surface area contributed by atoms with E-state index in [1.165, 1.54) is 0 Å². The fraction of sp³-hybridized carbons (Fsp3) is 0.500. The van der Waals surface area contributed by atoms with E-state index in [4.69, 9.17) is 17.0 Å². The monoisotopic (exact) mass is 279 g/mol. The van der Waals surface area contributed by atoms with Crippen LogP contribution in [0.4, 0.5) is 0 Å². The lowest BCUT2D eigenvalue weighted by Gasteiger charge is -2.34. The van der Waals surface area contributed by atoms with Crippen LogP contribution in [-0.4, -0.2) is 59.9 Å². The highest BCUT2D eigenvalue weighted by Gasteiger charge is 2.18. The zero-order valence-electron chi connectivity index (χ0n) is 11.1. The van der Waals surface area contributed by atoms with E-state index in [9.17, 15) is 0 Å². The molecule has 2 aromatic heterocycles. The number of fused-ring (bicyclic) bond motifs is 1. The maximum absolute atomic E-state index is 5.41. The number of pyridine rings is 1. The topological polar surface area (TPSA) is 49.3 Å². The molecule has 0 unspecified atom stereocenters. The largest absolute Gasteiger partial charge is 0.481 e. The number of methoxy groups -OCH3 is 1. The minimum Gasteiger partial charge on any atom is -0.481 e. The number of piperazine rings is 1. The van der Waals surface area contributed by atoms with Crippen LogP contribution in [0.1, 0.15) is 0 Å². The lowest BCUT2D eigenvalue weighted by atomic mass is 10.4. The van der Waals surface area contributed by atoms with Crippen molar-refractivity contribution in [3.63, 3.8) is 0 Å². The Labute approximate surface area is 116 Å². The van der Waals surface area contributed by atoms with Gasteiger partial charge < -0.3 is 19.6 Å². The third-order valence-corrected chi connectivity index (χ3v) is 3.73. The molecule has 1 fully saturated rings. The first kappa shape index (κ1) is 12.4. The second kappa shape index (κ2) is 4.82. The number of ether oxygens (including phenoxy) is 1. The summed E-state index contributed by atoms with van der Waals surface area (Å²) in [4.78, 5) is 10.00. The molecule has 0 atom stereocenters. The van der Waals surface area contributed by atoms with E-state index in [1.54, 1.807) is 7.11 Å². The van der Waals surface area contributed by atoms with E-state index in [-0.39, 0.29) is 0 Å². The average molecular weight is 279 g/mol. The van der Waals surface area contributed by atoms with Crippen LogP contribution in [0.15, 0.2) is 12.1 Å². The molecule has 6 nitrogen and oxygen atoms in total. The molecule has 0 aromatic carbocycles. The van der Waals surface area contributed by atoms with Gasteiger partial charge in [0, 0.05) is 32.2 Å². The van der Waals surface area contributed by atoms with E-state index in [1.807, 2.05) is 16.8 Å². The van der Waals surface area contributed by atoms with Crippen molar-refractivity contribution in [1.29, 1.82) is 0 Å². The van der Waals surface area contributed by atoms with Gasteiger partial charge in [0.25, 0.3) is 0 Å². The van der Waals surface area contributed by atoms with Crippen LogP contribution >= 0.6 is 12.2 Å². The van der Waals surface area contributed by atoms with Crippen molar-refractivity contribution in [2.24, 2.45) is 0 Å². The fourth-order valence-electron chi connectivity index (χ4n) is 2.33. The van der Waals surface area contributed by atoms with Gasteiger partial charge in [-0.05, 0) is 25.3 Å². The van der Waals surface area contributed by atoms with E-state index < -0.39 is 0 Å². The number of hydrogen-bond donors (Lipinski definition) is 1. The summed E-state index contributed by atoms with van der Waals surface area (Å²) in [6, 6.07) is 3.78. The van der Waals surface area contributed by atoms with Gasteiger partial charge in [0.05, 0.1) is 12.6 Å². The summed E-state index contributed by atoms with van der Waals surface area (Å²) >= 11 is 5.41. The molecule has 19 heavy (non-hydrogen) atoms. The third-order valence-electron chi connectivity index (χ3n) is 3.46. The highest BCUT2D eigenvalue weighted by molar-refractivity contribution is 7.71. The second-order valence-electron chi connectivity index (χ2n) is 4.72. The Bertz CT molecular complexity index is 641. The van der Waals surface area contributed by atoms with Gasteiger partial charge in [-0.2, -0.15) is 4.98 Å². The van der Waals surface area contributed by atoms with Crippen molar-refractivity contribution in [3.05, 3.63) is 16.9 Å². The summed E-state index contributed by atoms with van der Waals surface area (Å²) < 4.78 is 7.86. The Kier molecular flexibility index (Phi) is 3.16. The van der Waals surface area contributed by atoms with Gasteiger partial charge >= 0.3 is 0 Å². The molecular formula is C12H17N5OS. The molecule has 102 valence electrons. The van der Waals surface area contributed by atoms with Crippen molar-refractivity contribution < 1.29 is 4.74 Å². The van der Waals surface area contributed by atoms with Gasteiger partial charge in [0.15, 0.2) is 10.4 Å². The Morgan fingerprint density at radius 2 is 2.00 bits per heavy atom. The Balaban J connectivity index is 2.06. The number of hydrogen-bond acceptors (Lipinski definition) is 5. The minimum absolute atomic E-state index is 0.601. The molecule has 7 heteroatoms. The van der Waals surface area contributed by atoms with E-state index in [0.29, 0.717) is 10.7 Å². The molecular weight excluding hydrogens is 262 g/mol. The van der Waals surface area contributed by atoms with Crippen LogP contribution in [0.2, 0.25) is 0 Å². The maximum atomic E-state index is 5.41. The number of rotatable bonds is 2. The second-order valence-corrected chi connectivity index (χ2v) is 5.11. The fourth-order valence-corrected chi connectivity index (χ4v) is 2.64. The van der Waals surface area contributed by atoms with Gasteiger partial charge in [-0.25, -0.2) is 4.68 Å². The molecule has 1 saturated heterocycles. The molecule has 1 aliphatic heterocycles. The predicted molar refractivity (Wildman–Crippen MR) is 76.9 cm³/mol. The SMILES string of the molecule is COc1ccc2[nH]c(=S)n(N3CCN(C)CC3)c2n1. The van der Waals surface area contributed by atoms with Crippen molar-refractivity contribution in [2.75, 3.05) is 45.3 Å². The number of nitrogens with zero attached hydrogens (tertiary/aromatic N) is 4. The van der Waals surface area contributed by atoms with Gasteiger partial charge in [-0.15, -0.1) is 0 Å². The van der Waals surface area contributed by atoms with Crippen molar-refractivity contribution in [1.82, 2.24) is 19.5 Å². The van der Waals surface area contributed by atoms with Crippen molar-refractivity contribution >= 4 is 23.4 Å². The number of aromatic amines is 1. The highest BCUT2D eigenvalue weighted by atomic mass is 32.1. The molecule has 3 rings (SSSR count). The first-order valence-electron chi connectivity index (χ1n) is 6.28. The quantitative estimate of drug-likeness (QED) is 0.831. The Morgan fingerprint density at radius 3 is 2.68 bits per heavy atom. The average Bonchev–Trinajstić information content (AvgIpc) is 2.75. The van der Waals surface area contributed by atoms with Crippen LogP contribution in [-0.2, 0) is 0 Å². The van der Waals surface area contributed by atoms with Gasteiger partial charge in [-0.1, -0.05) is 0 Å². The molecule has 0 spiro atoms. The molecule has 0 bridgehead atoms. The van der Waals surface area contributed by atoms with Crippen LogP contribution in [0, 0.1) is 4.77 Å². The number of imidazole rings is 1. The molecule has 0 radical (unpaired) electrons. The highest BCUT2D eigenvalue weighted by Crippen LogP contribution is 2.17. The molecule has 2 aromatic rings. The van der Waals surface area contributed by atoms with Gasteiger partial charge in [-0.3, -0.25) is 0 Å². The van der Waals surface area contributed by atoms with E-state index >= 15 is 0 Å².